The molecule has 2 unspecified atom stereocenters. The first-order valence-corrected chi connectivity index (χ1v) is 4.06. The van der Waals surface area contributed by atoms with Gasteiger partial charge in [-0.3, -0.25) is 0 Å². The van der Waals surface area contributed by atoms with Gasteiger partial charge in [0, 0.05) is 14.2 Å². The molecular formula is C8H16O4. The molecule has 0 radical (unpaired) electrons. The zero-order valence-corrected chi connectivity index (χ0v) is 7.69. The predicted molar refractivity (Wildman–Crippen MR) is 43.0 cm³/mol. The molecule has 0 spiro atoms. The van der Waals surface area contributed by atoms with Gasteiger partial charge < -0.3 is 19.3 Å². The SMILES string of the molecule is COC1C(OC)[C@@H](CO)O[C@H]1C. The molecule has 1 fully saturated rings. The van der Waals surface area contributed by atoms with E-state index in [0.29, 0.717) is 0 Å². The Morgan fingerprint density at radius 1 is 1.25 bits per heavy atom. The summed E-state index contributed by atoms with van der Waals surface area (Å²) in [6.45, 7) is 1.89. The number of rotatable bonds is 3. The minimum Gasteiger partial charge on any atom is -0.394 e. The highest BCUT2D eigenvalue weighted by Crippen LogP contribution is 2.24. The predicted octanol–water partition coefficient (Wildman–Crippen LogP) is -0.204. The normalized spacial score (nSPS) is 42.0. The van der Waals surface area contributed by atoms with E-state index < -0.39 is 0 Å². The van der Waals surface area contributed by atoms with E-state index in [4.69, 9.17) is 19.3 Å². The number of hydrogen-bond acceptors (Lipinski definition) is 4. The smallest absolute Gasteiger partial charge is 0.114 e. The maximum Gasteiger partial charge on any atom is 0.114 e. The molecule has 1 heterocycles. The summed E-state index contributed by atoms with van der Waals surface area (Å²) in [6.07, 6.45) is -0.505. The van der Waals surface area contributed by atoms with E-state index in [1.165, 1.54) is 0 Å². The molecule has 4 heteroatoms. The monoisotopic (exact) mass is 176 g/mol. The number of methoxy groups -OCH3 is 2. The Hall–Kier alpha value is -0.160. The van der Waals surface area contributed by atoms with E-state index in [1.807, 2.05) is 6.92 Å². The topological polar surface area (TPSA) is 47.9 Å². The second-order valence-electron chi connectivity index (χ2n) is 2.96. The van der Waals surface area contributed by atoms with Gasteiger partial charge in [-0.05, 0) is 6.92 Å². The molecule has 0 aromatic carbocycles. The molecule has 12 heavy (non-hydrogen) atoms. The molecule has 72 valence electrons. The maximum atomic E-state index is 8.94. The first-order valence-electron chi connectivity index (χ1n) is 4.06. The fourth-order valence-corrected chi connectivity index (χ4v) is 1.67. The van der Waals surface area contributed by atoms with Crippen molar-refractivity contribution in [2.75, 3.05) is 20.8 Å². The molecule has 1 rings (SSSR count). The number of hydrogen-bond donors (Lipinski definition) is 1. The van der Waals surface area contributed by atoms with Gasteiger partial charge in [0.15, 0.2) is 0 Å². The lowest BCUT2D eigenvalue weighted by molar-refractivity contribution is -0.0397. The Kier molecular flexibility index (Phi) is 3.46. The summed E-state index contributed by atoms with van der Waals surface area (Å²) in [5.41, 5.74) is 0. The van der Waals surface area contributed by atoms with Crippen LogP contribution in [0.15, 0.2) is 0 Å². The number of aliphatic hydroxyl groups excluding tert-OH is 1. The van der Waals surface area contributed by atoms with Crippen molar-refractivity contribution in [2.24, 2.45) is 0 Å². The van der Waals surface area contributed by atoms with Gasteiger partial charge in [0.05, 0.1) is 12.7 Å². The van der Waals surface area contributed by atoms with Crippen LogP contribution in [0.1, 0.15) is 6.92 Å². The van der Waals surface area contributed by atoms with Gasteiger partial charge in [-0.25, -0.2) is 0 Å². The Balaban J connectivity index is 2.61. The second kappa shape index (κ2) is 4.18. The van der Waals surface area contributed by atoms with Crippen molar-refractivity contribution < 1.29 is 19.3 Å². The molecule has 0 aromatic heterocycles. The molecule has 0 aromatic rings. The summed E-state index contributed by atoms with van der Waals surface area (Å²) in [5, 5.41) is 8.94. The van der Waals surface area contributed by atoms with Crippen molar-refractivity contribution in [2.45, 2.75) is 31.3 Å². The van der Waals surface area contributed by atoms with E-state index >= 15 is 0 Å². The van der Waals surface area contributed by atoms with E-state index in [9.17, 15) is 0 Å². The molecule has 0 saturated carbocycles. The van der Waals surface area contributed by atoms with Crippen LogP contribution in [0.3, 0.4) is 0 Å². The first-order chi connectivity index (χ1) is 5.74. The molecule has 0 bridgehead atoms. The van der Waals surface area contributed by atoms with Crippen LogP contribution < -0.4 is 0 Å². The van der Waals surface area contributed by atoms with E-state index in [-0.39, 0.29) is 31.0 Å². The van der Waals surface area contributed by atoms with Crippen LogP contribution >= 0.6 is 0 Å². The summed E-state index contributed by atoms with van der Waals surface area (Å²) in [4.78, 5) is 0. The van der Waals surface area contributed by atoms with Crippen molar-refractivity contribution >= 4 is 0 Å². The van der Waals surface area contributed by atoms with Gasteiger partial charge in [0.25, 0.3) is 0 Å². The van der Waals surface area contributed by atoms with Gasteiger partial charge in [0.2, 0.25) is 0 Å². The highest BCUT2D eigenvalue weighted by molar-refractivity contribution is 4.90. The largest absolute Gasteiger partial charge is 0.394 e. The average molecular weight is 176 g/mol. The molecule has 4 nitrogen and oxygen atoms in total. The van der Waals surface area contributed by atoms with Gasteiger partial charge in [-0.15, -0.1) is 0 Å². The Morgan fingerprint density at radius 2 is 1.83 bits per heavy atom. The first kappa shape index (κ1) is 9.92. The Labute approximate surface area is 72.4 Å². The van der Waals surface area contributed by atoms with Gasteiger partial charge >= 0.3 is 0 Å². The molecule has 1 aliphatic heterocycles. The van der Waals surface area contributed by atoms with Crippen molar-refractivity contribution in [3.63, 3.8) is 0 Å². The molecule has 1 N–H and O–H groups in total. The molecule has 4 atom stereocenters. The van der Waals surface area contributed by atoms with Crippen molar-refractivity contribution in [3.8, 4) is 0 Å². The van der Waals surface area contributed by atoms with Crippen molar-refractivity contribution in [3.05, 3.63) is 0 Å². The maximum absolute atomic E-state index is 8.94. The van der Waals surface area contributed by atoms with Crippen LogP contribution in [-0.4, -0.2) is 50.3 Å². The zero-order valence-electron chi connectivity index (χ0n) is 7.69. The molecule has 1 aliphatic rings. The minimum atomic E-state index is -0.255. The standard InChI is InChI=1S/C8H16O4/c1-5-7(10-2)8(11-3)6(4-9)12-5/h5-9H,4H2,1-3H3/t5-,6+,7?,8?/m0/s1. The fraction of sp³-hybridized carbons (Fsp3) is 1.00. The van der Waals surface area contributed by atoms with Gasteiger partial charge in [-0.1, -0.05) is 0 Å². The zero-order chi connectivity index (χ0) is 9.14. The number of aliphatic hydroxyl groups is 1. The number of ether oxygens (including phenoxy) is 3. The highest BCUT2D eigenvalue weighted by atomic mass is 16.6. The van der Waals surface area contributed by atoms with Crippen LogP contribution in [-0.2, 0) is 14.2 Å². The summed E-state index contributed by atoms with van der Waals surface area (Å²) in [7, 11) is 3.22. The third-order valence-corrected chi connectivity index (χ3v) is 2.27. The lowest BCUT2D eigenvalue weighted by atomic mass is 10.1. The minimum absolute atomic E-state index is 0.0166. The van der Waals surface area contributed by atoms with Crippen LogP contribution in [0.5, 0.6) is 0 Å². The molecular weight excluding hydrogens is 160 g/mol. The molecule has 0 amide bonds. The third-order valence-electron chi connectivity index (χ3n) is 2.27. The lowest BCUT2D eigenvalue weighted by Crippen LogP contribution is -2.36. The van der Waals surface area contributed by atoms with E-state index in [1.54, 1.807) is 14.2 Å². The Morgan fingerprint density at radius 3 is 2.25 bits per heavy atom. The lowest BCUT2D eigenvalue weighted by Gasteiger charge is -2.19. The summed E-state index contributed by atoms with van der Waals surface area (Å²) >= 11 is 0. The summed E-state index contributed by atoms with van der Waals surface area (Å²) < 4.78 is 15.8. The fourth-order valence-electron chi connectivity index (χ4n) is 1.67. The molecule has 0 aliphatic carbocycles. The summed E-state index contributed by atoms with van der Waals surface area (Å²) in [6, 6.07) is 0. The van der Waals surface area contributed by atoms with Crippen molar-refractivity contribution in [1.82, 2.24) is 0 Å². The summed E-state index contributed by atoms with van der Waals surface area (Å²) in [5.74, 6) is 0. The second-order valence-corrected chi connectivity index (χ2v) is 2.96. The van der Waals surface area contributed by atoms with Crippen LogP contribution in [0, 0.1) is 0 Å². The third kappa shape index (κ3) is 1.61. The van der Waals surface area contributed by atoms with E-state index in [0.717, 1.165) is 0 Å². The van der Waals surface area contributed by atoms with Gasteiger partial charge in [-0.2, -0.15) is 0 Å². The van der Waals surface area contributed by atoms with Crippen LogP contribution in [0.4, 0.5) is 0 Å². The quantitative estimate of drug-likeness (QED) is 0.646. The van der Waals surface area contributed by atoms with Crippen LogP contribution in [0.25, 0.3) is 0 Å². The van der Waals surface area contributed by atoms with Gasteiger partial charge in [0.1, 0.15) is 18.3 Å². The highest BCUT2D eigenvalue weighted by Gasteiger charge is 2.42. The van der Waals surface area contributed by atoms with Crippen LogP contribution in [0.2, 0.25) is 0 Å². The van der Waals surface area contributed by atoms with Crippen molar-refractivity contribution in [1.29, 1.82) is 0 Å². The Bertz CT molecular complexity index is 139. The van der Waals surface area contributed by atoms with E-state index in [2.05, 4.69) is 0 Å². The molecule has 1 saturated heterocycles. The average Bonchev–Trinajstić information content (AvgIpc) is 2.40.